The van der Waals surface area contributed by atoms with Crippen LogP contribution in [0.4, 0.5) is 0 Å². The summed E-state index contributed by atoms with van der Waals surface area (Å²) in [5.41, 5.74) is 2.61. The van der Waals surface area contributed by atoms with Crippen LogP contribution in [0.3, 0.4) is 0 Å². The molecular formula is C17H18O2. The maximum absolute atomic E-state index is 11.9. The van der Waals surface area contributed by atoms with E-state index in [2.05, 4.69) is 0 Å². The Morgan fingerprint density at radius 2 is 1.84 bits per heavy atom. The maximum Gasteiger partial charge on any atom is 0.162 e. The molecule has 0 radical (unpaired) electrons. The Bertz CT molecular complexity index is 559. The fourth-order valence-electron chi connectivity index (χ4n) is 2.09. The van der Waals surface area contributed by atoms with Crippen molar-refractivity contribution < 1.29 is 9.90 Å². The third kappa shape index (κ3) is 3.44. The van der Waals surface area contributed by atoms with E-state index in [-0.39, 0.29) is 11.5 Å². The second-order valence-corrected chi connectivity index (χ2v) is 4.68. The zero-order valence-corrected chi connectivity index (χ0v) is 11.1. The quantitative estimate of drug-likeness (QED) is 0.820. The van der Waals surface area contributed by atoms with Crippen LogP contribution < -0.4 is 0 Å². The molecule has 0 aliphatic rings. The number of phenols is 1. The number of aromatic hydroxyl groups is 1. The van der Waals surface area contributed by atoms with E-state index in [0.717, 1.165) is 17.5 Å². The first kappa shape index (κ1) is 13.3. The third-order valence-corrected chi connectivity index (χ3v) is 3.12. The number of phenolic OH excluding ortho intramolecular Hbond substituents is 1. The lowest BCUT2D eigenvalue weighted by Crippen LogP contribution is -2.00. The minimum absolute atomic E-state index is 0.136. The van der Waals surface area contributed by atoms with E-state index < -0.39 is 0 Å². The first-order chi connectivity index (χ1) is 9.20. The zero-order chi connectivity index (χ0) is 13.7. The molecule has 0 aliphatic carbocycles. The summed E-state index contributed by atoms with van der Waals surface area (Å²) < 4.78 is 0. The molecule has 0 aromatic heterocycles. The summed E-state index contributed by atoms with van der Waals surface area (Å²) in [7, 11) is 0. The molecule has 2 nitrogen and oxygen atoms in total. The van der Waals surface area contributed by atoms with Crippen molar-refractivity contribution in [3.05, 3.63) is 65.2 Å². The van der Waals surface area contributed by atoms with Gasteiger partial charge in [0.2, 0.25) is 0 Å². The summed E-state index contributed by atoms with van der Waals surface area (Å²) in [6.07, 6.45) is 2.03. The van der Waals surface area contributed by atoms with E-state index in [1.807, 2.05) is 37.3 Å². The molecule has 0 fully saturated rings. The van der Waals surface area contributed by atoms with Crippen LogP contribution in [0.5, 0.6) is 5.75 Å². The van der Waals surface area contributed by atoms with Crippen molar-refractivity contribution in [2.45, 2.75) is 26.2 Å². The lowest BCUT2D eigenvalue weighted by molar-refractivity contribution is 0.0981. The van der Waals surface area contributed by atoms with Crippen LogP contribution in [0, 0.1) is 0 Å². The Balaban J connectivity index is 2.25. The molecule has 19 heavy (non-hydrogen) atoms. The third-order valence-electron chi connectivity index (χ3n) is 3.12. The normalized spacial score (nSPS) is 10.4. The van der Waals surface area contributed by atoms with Gasteiger partial charge in [-0.25, -0.2) is 0 Å². The Hall–Kier alpha value is -2.09. The molecule has 0 saturated carbocycles. The number of rotatable bonds is 5. The first-order valence-electron chi connectivity index (χ1n) is 6.59. The molecule has 0 unspecified atom stereocenters. The number of ketones is 1. The van der Waals surface area contributed by atoms with Gasteiger partial charge in [-0.15, -0.1) is 0 Å². The van der Waals surface area contributed by atoms with Gasteiger partial charge in [-0.2, -0.15) is 0 Å². The van der Waals surface area contributed by atoms with Crippen molar-refractivity contribution in [2.75, 3.05) is 0 Å². The fourth-order valence-corrected chi connectivity index (χ4v) is 2.09. The molecule has 0 heterocycles. The van der Waals surface area contributed by atoms with Crippen LogP contribution >= 0.6 is 0 Å². The summed E-state index contributed by atoms with van der Waals surface area (Å²) in [6, 6.07) is 15.0. The van der Waals surface area contributed by atoms with Gasteiger partial charge >= 0.3 is 0 Å². The monoisotopic (exact) mass is 254 g/mol. The fraction of sp³-hybridized carbons (Fsp3) is 0.235. The Morgan fingerprint density at radius 1 is 1.11 bits per heavy atom. The highest BCUT2D eigenvalue weighted by Gasteiger charge is 2.09. The number of hydrogen-bond acceptors (Lipinski definition) is 2. The van der Waals surface area contributed by atoms with Gasteiger partial charge in [0.05, 0.1) is 0 Å². The van der Waals surface area contributed by atoms with Crippen LogP contribution in [0.25, 0.3) is 0 Å². The van der Waals surface area contributed by atoms with Crippen LogP contribution in [-0.2, 0) is 6.42 Å². The lowest BCUT2D eigenvalue weighted by atomic mass is 9.99. The molecule has 1 N–H and O–H groups in total. The largest absolute Gasteiger partial charge is 0.508 e. The molecule has 0 spiro atoms. The molecule has 0 bridgehead atoms. The maximum atomic E-state index is 11.9. The average molecular weight is 254 g/mol. The SMILES string of the molecule is CCCC(=O)c1ccc(O)c(Cc2ccccc2)c1. The predicted octanol–water partition coefficient (Wildman–Crippen LogP) is 3.97. The first-order valence-corrected chi connectivity index (χ1v) is 6.59. The van der Waals surface area contributed by atoms with Gasteiger partial charge in [0.1, 0.15) is 5.75 Å². The van der Waals surface area contributed by atoms with E-state index in [1.54, 1.807) is 18.2 Å². The summed E-state index contributed by atoms with van der Waals surface area (Å²) >= 11 is 0. The summed E-state index contributed by atoms with van der Waals surface area (Å²) in [6.45, 7) is 1.99. The summed E-state index contributed by atoms with van der Waals surface area (Å²) in [5, 5.41) is 9.90. The minimum atomic E-state index is 0.136. The molecule has 2 aromatic carbocycles. The van der Waals surface area contributed by atoms with Crippen molar-refractivity contribution in [1.29, 1.82) is 0 Å². The zero-order valence-electron chi connectivity index (χ0n) is 11.1. The Kier molecular flexibility index (Phi) is 4.35. The molecule has 0 aliphatic heterocycles. The molecule has 0 saturated heterocycles. The standard InChI is InChI=1S/C17H18O2/c1-2-6-16(18)14-9-10-17(19)15(12-14)11-13-7-4-3-5-8-13/h3-5,7-10,12,19H,2,6,11H2,1H3. The van der Waals surface area contributed by atoms with Gasteiger partial charge in [-0.05, 0) is 35.7 Å². The van der Waals surface area contributed by atoms with Gasteiger partial charge in [0, 0.05) is 18.4 Å². The summed E-state index contributed by atoms with van der Waals surface area (Å²) in [5.74, 6) is 0.383. The van der Waals surface area contributed by atoms with Crippen molar-refractivity contribution in [2.24, 2.45) is 0 Å². The number of hydrogen-bond donors (Lipinski definition) is 1. The molecule has 0 atom stereocenters. The number of benzene rings is 2. The van der Waals surface area contributed by atoms with Gasteiger partial charge < -0.3 is 5.11 Å². The van der Waals surface area contributed by atoms with Gasteiger partial charge in [0.15, 0.2) is 5.78 Å². The minimum Gasteiger partial charge on any atom is -0.508 e. The van der Waals surface area contributed by atoms with Crippen LogP contribution in [0.15, 0.2) is 48.5 Å². The van der Waals surface area contributed by atoms with Crippen molar-refractivity contribution >= 4 is 5.78 Å². The van der Waals surface area contributed by atoms with Gasteiger partial charge in [-0.1, -0.05) is 37.3 Å². The summed E-state index contributed by atoms with van der Waals surface area (Å²) in [4.78, 5) is 11.9. The molecule has 2 aromatic rings. The Morgan fingerprint density at radius 3 is 2.53 bits per heavy atom. The molecule has 2 heteroatoms. The smallest absolute Gasteiger partial charge is 0.162 e. The highest BCUT2D eigenvalue weighted by molar-refractivity contribution is 5.96. The molecule has 2 rings (SSSR count). The van der Waals surface area contributed by atoms with E-state index in [9.17, 15) is 9.90 Å². The highest BCUT2D eigenvalue weighted by Crippen LogP contribution is 2.22. The van der Waals surface area contributed by atoms with Crippen LogP contribution in [0.1, 0.15) is 41.3 Å². The molecule has 98 valence electrons. The highest BCUT2D eigenvalue weighted by atomic mass is 16.3. The van der Waals surface area contributed by atoms with E-state index >= 15 is 0 Å². The van der Waals surface area contributed by atoms with Crippen molar-refractivity contribution in [3.63, 3.8) is 0 Å². The number of carbonyl (C=O) groups is 1. The van der Waals surface area contributed by atoms with E-state index in [1.165, 1.54) is 0 Å². The molecule has 0 amide bonds. The second-order valence-electron chi connectivity index (χ2n) is 4.68. The van der Waals surface area contributed by atoms with E-state index in [4.69, 9.17) is 0 Å². The number of carbonyl (C=O) groups excluding carboxylic acids is 1. The predicted molar refractivity (Wildman–Crippen MR) is 76.6 cm³/mol. The van der Waals surface area contributed by atoms with Crippen molar-refractivity contribution in [1.82, 2.24) is 0 Å². The lowest BCUT2D eigenvalue weighted by Gasteiger charge is -2.07. The topological polar surface area (TPSA) is 37.3 Å². The van der Waals surface area contributed by atoms with E-state index in [0.29, 0.717) is 18.4 Å². The van der Waals surface area contributed by atoms with Crippen LogP contribution in [0.2, 0.25) is 0 Å². The van der Waals surface area contributed by atoms with Crippen LogP contribution in [-0.4, -0.2) is 10.9 Å². The second kappa shape index (κ2) is 6.19. The molecular weight excluding hydrogens is 236 g/mol. The number of Topliss-reactive ketones (excluding diaryl/α,β-unsaturated/α-hetero) is 1. The van der Waals surface area contributed by atoms with Crippen molar-refractivity contribution in [3.8, 4) is 5.75 Å². The Labute approximate surface area is 113 Å². The van der Waals surface area contributed by atoms with Gasteiger partial charge in [-0.3, -0.25) is 4.79 Å². The van der Waals surface area contributed by atoms with Gasteiger partial charge in [0.25, 0.3) is 0 Å². The average Bonchev–Trinajstić information content (AvgIpc) is 2.42.